The smallest absolute Gasteiger partial charge is 0.236 e. The van der Waals surface area contributed by atoms with Gasteiger partial charge in [-0.3, -0.25) is 4.79 Å². The molecule has 2 aromatic carbocycles. The van der Waals surface area contributed by atoms with Gasteiger partial charge in [-0.05, 0) is 54.4 Å². The molecule has 0 bridgehead atoms. The lowest BCUT2D eigenvalue weighted by molar-refractivity contribution is -0.113. The van der Waals surface area contributed by atoms with Crippen molar-refractivity contribution in [2.24, 2.45) is 0 Å². The van der Waals surface area contributed by atoms with Crippen molar-refractivity contribution < 1.29 is 13.9 Å². The largest absolute Gasteiger partial charge is 0.497 e. The first-order valence-electron chi connectivity index (χ1n) is 9.67. The van der Waals surface area contributed by atoms with Crippen molar-refractivity contribution in [1.29, 1.82) is 0 Å². The minimum absolute atomic E-state index is 0.153. The number of nitrogens with zero attached hydrogens (tertiary/aromatic N) is 2. The number of rotatable bonds is 7. The Hall–Kier alpha value is -2.97. The summed E-state index contributed by atoms with van der Waals surface area (Å²) < 4.78 is 18.4. The topological polar surface area (TPSA) is 64.1 Å². The average molecular weight is 454 g/mol. The molecule has 0 spiro atoms. The van der Waals surface area contributed by atoms with E-state index in [4.69, 9.17) is 9.72 Å². The van der Waals surface area contributed by atoms with Gasteiger partial charge in [-0.2, -0.15) is 0 Å². The summed E-state index contributed by atoms with van der Waals surface area (Å²) in [5.74, 6) is 0.524. The summed E-state index contributed by atoms with van der Waals surface area (Å²) in [6, 6.07) is 14.0. The summed E-state index contributed by atoms with van der Waals surface area (Å²) in [6.07, 6.45) is 0.826. The highest BCUT2D eigenvalue weighted by atomic mass is 32.2. The lowest BCUT2D eigenvalue weighted by Gasteiger charge is -2.10. The number of methoxy groups -OCH3 is 1. The van der Waals surface area contributed by atoms with Crippen molar-refractivity contribution in [3.63, 3.8) is 0 Å². The summed E-state index contributed by atoms with van der Waals surface area (Å²) in [4.78, 5) is 21.6. The third-order valence-electron chi connectivity index (χ3n) is 4.68. The molecule has 158 valence electrons. The highest BCUT2D eigenvalue weighted by Gasteiger charge is 2.12. The number of aromatic nitrogens is 2. The number of carbonyl (C=O) groups excluding carboxylic acids is 1. The number of ether oxygens (including phenoxy) is 1. The normalized spacial score (nSPS) is 10.9. The number of anilines is 1. The van der Waals surface area contributed by atoms with Crippen LogP contribution in [-0.4, -0.2) is 28.7 Å². The fourth-order valence-corrected chi connectivity index (χ4v) is 4.68. The van der Waals surface area contributed by atoms with E-state index >= 15 is 0 Å². The summed E-state index contributed by atoms with van der Waals surface area (Å²) in [5.41, 5.74) is 3.44. The van der Waals surface area contributed by atoms with Crippen LogP contribution in [0.15, 0.2) is 58.9 Å². The van der Waals surface area contributed by atoms with Crippen molar-refractivity contribution in [3.8, 4) is 17.0 Å². The van der Waals surface area contributed by atoms with E-state index in [1.54, 1.807) is 19.2 Å². The number of thiazole rings is 1. The quantitative estimate of drug-likeness (QED) is 0.358. The number of nitrogens with one attached hydrogen (secondary N) is 1. The molecule has 0 fully saturated rings. The van der Waals surface area contributed by atoms with Gasteiger partial charge in [0, 0.05) is 22.4 Å². The Morgan fingerprint density at radius 3 is 2.71 bits per heavy atom. The molecule has 0 atom stereocenters. The molecule has 1 N–H and O–H groups in total. The van der Waals surface area contributed by atoms with Crippen molar-refractivity contribution in [2.45, 2.75) is 18.4 Å². The van der Waals surface area contributed by atoms with Crippen molar-refractivity contribution in [3.05, 3.63) is 65.3 Å². The second-order valence-electron chi connectivity index (χ2n) is 6.75. The Labute approximate surface area is 187 Å². The Balaban J connectivity index is 1.44. The van der Waals surface area contributed by atoms with E-state index in [0.717, 1.165) is 39.2 Å². The van der Waals surface area contributed by atoms with Crippen LogP contribution in [0, 0.1) is 5.82 Å². The van der Waals surface area contributed by atoms with Gasteiger partial charge in [-0.25, -0.2) is 14.4 Å². The molecule has 0 saturated carbocycles. The van der Waals surface area contributed by atoms with Gasteiger partial charge >= 0.3 is 0 Å². The Bertz CT molecular complexity index is 1230. The molecule has 0 radical (unpaired) electrons. The first kappa shape index (κ1) is 21.3. The second kappa shape index (κ2) is 9.45. The highest BCUT2D eigenvalue weighted by Crippen LogP contribution is 2.29. The average Bonchev–Trinajstić information content (AvgIpc) is 3.25. The van der Waals surface area contributed by atoms with Crippen LogP contribution in [0.4, 0.5) is 9.52 Å². The Kier molecular flexibility index (Phi) is 6.48. The highest BCUT2D eigenvalue weighted by molar-refractivity contribution is 8.00. The molecule has 5 nitrogen and oxygen atoms in total. The predicted molar refractivity (Wildman–Crippen MR) is 125 cm³/mol. The first-order chi connectivity index (χ1) is 15.1. The number of fused-ring (bicyclic) bond motifs is 1. The lowest BCUT2D eigenvalue weighted by atomic mass is 10.1. The lowest BCUT2D eigenvalue weighted by Crippen LogP contribution is -2.14. The molecule has 1 amide bonds. The van der Waals surface area contributed by atoms with Crippen LogP contribution in [0.2, 0.25) is 0 Å². The van der Waals surface area contributed by atoms with Crippen molar-refractivity contribution in [1.82, 2.24) is 9.97 Å². The van der Waals surface area contributed by atoms with E-state index < -0.39 is 0 Å². The maximum atomic E-state index is 13.1. The summed E-state index contributed by atoms with van der Waals surface area (Å²) >= 11 is 2.74. The number of aryl methyl sites for hydroxylation is 1. The third-order valence-corrected chi connectivity index (χ3v) is 6.47. The van der Waals surface area contributed by atoms with Crippen LogP contribution in [0.25, 0.3) is 22.2 Å². The number of hydrogen-bond donors (Lipinski definition) is 1. The molecular weight excluding hydrogens is 433 g/mol. The number of pyridine rings is 1. The monoisotopic (exact) mass is 453 g/mol. The van der Waals surface area contributed by atoms with Crippen LogP contribution in [-0.2, 0) is 11.2 Å². The fraction of sp³-hybridized carbons (Fsp3) is 0.174. The van der Waals surface area contributed by atoms with Crippen molar-refractivity contribution in [2.75, 3.05) is 18.2 Å². The number of halogens is 1. The molecule has 2 heterocycles. The minimum Gasteiger partial charge on any atom is -0.497 e. The summed E-state index contributed by atoms with van der Waals surface area (Å²) in [5, 5.41) is 7.06. The van der Waals surface area contributed by atoms with Crippen LogP contribution < -0.4 is 10.1 Å². The van der Waals surface area contributed by atoms with Crippen LogP contribution in [0.5, 0.6) is 5.75 Å². The van der Waals surface area contributed by atoms with Gasteiger partial charge in [0.05, 0.1) is 24.1 Å². The van der Waals surface area contributed by atoms with E-state index in [1.165, 1.54) is 35.2 Å². The van der Waals surface area contributed by atoms with Crippen LogP contribution >= 0.6 is 23.1 Å². The summed E-state index contributed by atoms with van der Waals surface area (Å²) in [7, 11) is 1.63. The second-order valence-corrected chi connectivity index (χ2v) is 8.57. The van der Waals surface area contributed by atoms with Gasteiger partial charge in [-0.1, -0.05) is 18.7 Å². The molecule has 31 heavy (non-hydrogen) atoms. The Morgan fingerprint density at radius 2 is 1.97 bits per heavy atom. The van der Waals surface area contributed by atoms with Crippen LogP contribution in [0.3, 0.4) is 0 Å². The number of hydrogen-bond acceptors (Lipinski definition) is 6. The molecule has 0 aliphatic heterocycles. The summed E-state index contributed by atoms with van der Waals surface area (Å²) in [6.45, 7) is 2.07. The number of amides is 1. The van der Waals surface area contributed by atoms with Crippen molar-refractivity contribution >= 4 is 45.0 Å². The zero-order valence-electron chi connectivity index (χ0n) is 17.0. The van der Waals surface area contributed by atoms with Gasteiger partial charge in [-0.15, -0.1) is 11.3 Å². The maximum absolute atomic E-state index is 13.1. The standard InChI is InChI=1S/C23H20FN3O2S2/c1-3-14-10-16-6-9-18(29-2)11-19(16)25-22(14)30-13-21(28)27-23-26-20(12-31-23)15-4-7-17(24)8-5-15/h4-12H,3,13H2,1-2H3,(H,26,27,28). The van der Waals surface area contributed by atoms with E-state index in [2.05, 4.69) is 23.3 Å². The first-order valence-corrected chi connectivity index (χ1v) is 11.5. The van der Waals surface area contributed by atoms with Gasteiger partial charge in [0.25, 0.3) is 0 Å². The molecule has 2 aromatic heterocycles. The molecule has 0 aliphatic rings. The molecular formula is C23H20FN3O2S2. The minimum atomic E-state index is -0.295. The SMILES string of the molecule is CCc1cc2ccc(OC)cc2nc1SCC(=O)Nc1nc(-c2ccc(F)cc2)cs1. The van der Waals surface area contributed by atoms with E-state index in [9.17, 15) is 9.18 Å². The van der Waals surface area contributed by atoms with E-state index in [-0.39, 0.29) is 17.5 Å². The number of carbonyl (C=O) groups is 1. The van der Waals surface area contributed by atoms with Gasteiger partial charge < -0.3 is 10.1 Å². The molecule has 0 aliphatic carbocycles. The number of benzene rings is 2. The molecule has 4 rings (SSSR count). The zero-order chi connectivity index (χ0) is 21.8. The Morgan fingerprint density at radius 1 is 1.16 bits per heavy atom. The van der Waals surface area contributed by atoms with Gasteiger partial charge in [0.1, 0.15) is 16.6 Å². The molecule has 8 heteroatoms. The number of thioether (sulfide) groups is 1. The van der Waals surface area contributed by atoms with Gasteiger partial charge in [0.2, 0.25) is 5.91 Å². The predicted octanol–water partition coefficient (Wildman–Crippen LogP) is 5.80. The molecule has 0 saturated heterocycles. The van der Waals surface area contributed by atoms with E-state index in [0.29, 0.717) is 10.8 Å². The van der Waals surface area contributed by atoms with Crippen LogP contribution in [0.1, 0.15) is 12.5 Å². The molecule has 0 unspecified atom stereocenters. The maximum Gasteiger partial charge on any atom is 0.236 e. The molecule has 4 aromatic rings. The fourth-order valence-electron chi connectivity index (χ4n) is 3.05. The van der Waals surface area contributed by atoms with Gasteiger partial charge in [0.15, 0.2) is 5.13 Å². The van der Waals surface area contributed by atoms with E-state index in [1.807, 2.05) is 23.6 Å². The third kappa shape index (κ3) is 5.03. The zero-order valence-corrected chi connectivity index (χ0v) is 18.6.